The largest absolute Gasteiger partial charge is 0.359 e. The van der Waals surface area contributed by atoms with Gasteiger partial charge in [-0.3, -0.25) is 9.59 Å². The van der Waals surface area contributed by atoms with Crippen LogP contribution in [0.1, 0.15) is 25.8 Å². The third-order valence-electron chi connectivity index (χ3n) is 3.20. The van der Waals surface area contributed by atoms with Crippen LogP contribution in [0.5, 0.6) is 0 Å². The molecule has 0 radical (unpaired) electrons. The summed E-state index contributed by atoms with van der Waals surface area (Å²) in [6.45, 7) is 3.97. The second-order valence-corrected chi connectivity index (χ2v) is 5.17. The van der Waals surface area contributed by atoms with Gasteiger partial charge >= 0.3 is 0 Å². The van der Waals surface area contributed by atoms with Crippen molar-refractivity contribution in [2.45, 2.75) is 32.7 Å². The highest BCUT2D eigenvalue weighted by atomic mass is 16.2. The average Bonchev–Trinajstić information content (AvgIpc) is 2.40. The minimum atomic E-state index is -0.166. The van der Waals surface area contributed by atoms with Crippen molar-refractivity contribution >= 4 is 17.5 Å². The van der Waals surface area contributed by atoms with Crippen molar-refractivity contribution in [3.63, 3.8) is 0 Å². The van der Waals surface area contributed by atoms with Crippen LogP contribution in [0.25, 0.3) is 0 Å². The Balaban J connectivity index is 2.72. The van der Waals surface area contributed by atoms with E-state index in [0.717, 1.165) is 5.56 Å². The molecule has 5 nitrogen and oxygen atoms in total. The number of carbonyl (C=O) groups is 2. The number of rotatable bonds is 6. The zero-order valence-corrected chi connectivity index (χ0v) is 12.3. The van der Waals surface area contributed by atoms with E-state index in [9.17, 15) is 9.59 Å². The predicted molar refractivity (Wildman–Crippen MR) is 80.3 cm³/mol. The van der Waals surface area contributed by atoms with E-state index in [2.05, 4.69) is 10.6 Å². The molecule has 0 saturated heterocycles. The molecule has 1 unspecified atom stereocenters. The van der Waals surface area contributed by atoms with E-state index < -0.39 is 0 Å². The lowest BCUT2D eigenvalue weighted by Crippen LogP contribution is -2.31. The fourth-order valence-electron chi connectivity index (χ4n) is 1.71. The van der Waals surface area contributed by atoms with Gasteiger partial charge in [-0.2, -0.15) is 0 Å². The molecule has 0 aliphatic carbocycles. The molecule has 0 heterocycles. The zero-order chi connectivity index (χ0) is 15.1. The van der Waals surface area contributed by atoms with E-state index in [-0.39, 0.29) is 36.6 Å². The van der Waals surface area contributed by atoms with Crippen LogP contribution in [0.4, 0.5) is 5.69 Å². The summed E-state index contributed by atoms with van der Waals surface area (Å²) >= 11 is 0. The summed E-state index contributed by atoms with van der Waals surface area (Å²) in [4.78, 5) is 23.4. The number of carbonyl (C=O) groups excluding carboxylic acids is 2. The highest BCUT2D eigenvalue weighted by Gasteiger charge is 2.14. The van der Waals surface area contributed by atoms with Gasteiger partial charge in [-0.25, -0.2) is 0 Å². The van der Waals surface area contributed by atoms with E-state index in [0.29, 0.717) is 5.69 Å². The van der Waals surface area contributed by atoms with Gasteiger partial charge in [0.15, 0.2) is 0 Å². The van der Waals surface area contributed by atoms with Gasteiger partial charge in [0.25, 0.3) is 0 Å². The Morgan fingerprint density at radius 3 is 2.45 bits per heavy atom. The van der Waals surface area contributed by atoms with E-state index in [4.69, 9.17) is 5.73 Å². The number of amides is 2. The Kier molecular flexibility index (Phi) is 6.18. The van der Waals surface area contributed by atoms with Crippen molar-refractivity contribution in [3.05, 3.63) is 29.8 Å². The van der Waals surface area contributed by atoms with Crippen LogP contribution in [-0.2, 0) is 16.0 Å². The first-order chi connectivity index (χ1) is 9.43. The second kappa shape index (κ2) is 7.65. The maximum atomic E-state index is 11.9. The topological polar surface area (TPSA) is 84.2 Å². The number of hydrogen-bond acceptors (Lipinski definition) is 3. The molecule has 0 spiro atoms. The lowest BCUT2D eigenvalue weighted by Gasteiger charge is -2.16. The third-order valence-corrected chi connectivity index (χ3v) is 3.20. The number of anilines is 1. The normalized spacial score (nSPS) is 12.1. The van der Waals surface area contributed by atoms with Crippen molar-refractivity contribution in [3.8, 4) is 0 Å². The van der Waals surface area contributed by atoms with Crippen molar-refractivity contribution in [1.82, 2.24) is 5.32 Å². The molecule has 0 saturated carbocycles. The molecular weight excluding hydrogens is 254 g/mol. The number of likely N-dealkylation sites (N-methyl/N-ethyl adjacent to an activating group) is 1. The van der Waals surface area contributed by atoms with E-state index >= 15 is 0 Å². The van der Waals surface area contributed by atoms with Crippen LogP contribution >= 0.6 is 0 Å². The predicted octanol–water partition coefficient (Wildman–Crippen LogP) is 1.29. The Labute approximate surface area is 119 Å². The third kappa shape index (κ3) is 5.01. The van der Waals surface area contributed by atoms with Gasteiger partial charge in [0, 0.05) is 25.2 Å². The quantitative estimate of drug-likeness (QED) is 0.732. The first-order valence-electron chi connectivity index (χ1n) is 6.78. The molecule has 0 fully saturated rings. The minimum Gasteiger partial charge on any atom is -0.359 e. The minimum absolute atomic E-state index is 0.0921. The standard InChI is InChI=1S/C15H23N3O2/c1-10(2)12(16)9-15(20)18-13-7-5-4-6-11(13)8-14(19)17-3/h4-7,10,12H,8-9,16H2,1-3H3,(H,17,19)(H,18,20). The molecule has 1 aromatic carbocycles. The van der Waals surface area contributed by atoms with Crippen molar-refractivity contribution in [1.29, 1.82) is 0 Å². The molecular formula is C15H23N3O2. The Morgan fingerprint density at radius 2 is 1.85 bits per heavy atom. The summed E-state index contributed by atoms with van der Waals surface area (Å²) in [5, 5.41) is 5.40. The van der Waals surface area contributed by atoms with Crippen LogP contribution in [0, 0.1) is 5.92 Å². The molecule has 4 N–H and O–H groups in total. The van der Waals surface area contributed by atoms with Gasteiger partial charge in [0.2, 0.25) is 11.8 Å². The number of hydrogen-bond donors (Lipinski definition) is 3. The number of nitrogens with one attached hydrogen (secondary N) is 2. The smallest absolute Gasteiger partial charge is 0.225 e. The number of nitrogens with two attached hydrogens (primary N) is 1. The summed E-state index contributed by atoms with van der Waals surface area (Å²) in [7, 11) is 1.59. The summed E-state index contributed by atoms with van der Waals surface area (Å²) < 4.78 is 0. The number of benzene rings is 1. The van der Waals surface area contributed by atoms with E-state index in [1.807, 2.05) is 32.0 Å². The second-order valence-electron chi connectivity index (χ2n) is 5.17. The zero-order valence-electron chi connectivity index (χ0n) is 12.3. The average molecular weight is 277 g/mol. The summed E-state index contributed by atoms with van der Waals surface area (Å²) in [6, 6.07) is 7.12. The van der Waals surface area contributed by atoms with Gasteiger partial charge in [-0.1, -0.05) is 32.0 Å². The molecule has 5 heteroatoms. The summed E-state index contributed by atoms with van der Waals surface area (Å²) in [5.74, 6) is 0.0306. The molecule has 1 atom stereocenters. The molecule has 20 heavy (non-hydrogen) atoms. The van der Waals surface area contributed by atoms with Crippen molar-refractivity contribution in [2.24, 2.45) is 11.7 Å². The van der Waals surface area contributed by atoms with Crippen LogP contribution in [0.2, 0.25) is 0 Å². The van der Waals surface area contributed by atoms with Crippen LogP contribution in [0.15, 0.2) is 24.3 Å². The van der Waals surface area contributed by atoms with Crippen molar-refractivity contribution in [2.75, 3.05) is 12.4 Å². The molecule has 0 aromatic heterocycles. The Morgan fingerprint density at radius 1 is 1.20 bits per heavy atom. The molecule has 0 aliphatic heterocycles. The Hall–Kier alpha value is -1.88. The van der Waals surface area contributed by atoms with Crippen LogP contribution in [0.3, 0.4) is 0 Å². The van der Waals surface area contributed by atoms with Crippen LogP contribution < -0.4 is 16.4 Å². The van der Waals surface area contributed by atoms with Gasteiger partial charge in [0.1, 0.15) is 0 Å². The maximum Gasteiger partial charge on any atom is 0.225 e. The van der Waals surface area contributed by atoms with E-state index in [1.165, 1.54) is 0 Å². The first-order valence-corrected chi connectivity index (χ1v) is 6.78. The SMILES string of the molecule is CNC(=O)Cc1ccccc1NC(=O)CC(N)C(C)C. The molecule has 110 valence electrons. The summed E-state index contributed by atoms with van der Waals surface area (Å²) in [6.07, 6.45) is 0.509. The lowest BCUT2D eigenvalue weighted by molar-refractivity contribution is -0.120. The number of para-hydroxylation sites is 1. The molecule has 2 amide bonds. The molecule has 0 aliphatic rings. The van der Waals surface area contributed by atoms with E-state index in [1.54, 1.807) is 13.1 Å². The first kappa shape index (κ1) is 16.2. The fraction of sp³-hybridized carbons (Fsp3) is 0.467. The Bertz CT molecular complexity index is 472. The lowest BCUT2D eigenvalue weighted by atomic mass is 10.0. The highest BCUT2D eigenvalue weighted by molar-refractivity contribution is 5.93. The van der Waals surface area contributed by atoms with Gasteiger partial charge in [-0.15, -0.1) is 0 Å². The fourth-order valence-corrected chi connectivity index (χ4v) is 1.71. The summed E-state index contributed by atoms with van der Waals surface area (Å²) in [5.41, 5.74) is 7.34. The maximum absolute atomic E-state index is 11.9. The molecule has 0 bridgehead atoms. The van der Waals surface area contributed by atoms with Gasteiger partial charge in [0.05, 0.1) is 6.42 Å². The molecule has 1 rings (SSSR count). The van der Waals surface area contributed by atoms with Gasteiger partial charge in [-0.05, 0) is 17.5 Å². The molecule has 1 aromatic rings. The highest BCUT2D eigenvalue weighted by Crippen LogP contribution is 2.16. The van der Waals surface area contributed by atoms with Crippen molar-refractivity contribution < 1.29 is 9.59 Å². The van der Waals surface area contributed by atoms with Crippen LogP contribution in [-0.4, -0.2) is 24.9 Å². The monoisotopic (exact) mass is 277 g/mol. The van der Waals surface area contributed by atoms with Gasteiger partial charge < -0.3 is 16.4 Å².